The van der Waals surface area contributed by atoms with E-state index in [1.54, 1.807) is 12.1 Å². The molecule has 0 spiro atoms. The second-order valence-corrected chi connectivity index (χ2v) is 5.73. The lowest BCUT2D eigenvalue weighted by Crippen LogP contribution is -2.34. The molecule has 0 bridgehead atoms. The van der Waals surface area contributed by atoms with Gasteiger partial charge in [-0.15, -0.1) is 0 Å². The summed E-state index contributed by atoms with van der Waals surface area (Å²) in [5.74, 6) is -1.67. The van der Waals surface area contributed by atoms with Crippen molar-refractivity contribution in [3.63, 3.8) is 0 Å². The molecule has 6 heteroatoms. The highest BCUT2D eigenvalue weighted by atomic mass is 79.9. The lowest BCUT2D eigenvalue weighted by atomic mass is 9.85. The van der Waals surface area contributed by atoms with Crippen LogP contribution in [0.25, 0.3) is 0 Å². The molecule has 1 saturated carbocycles. The van der Waals surface area contributed by atoms with Gasteiger partial charge in [-0.1, -0.05) is 6.42 Å². The maximum absolute atomic E-state index is 13.3. The normalized spacial score (nSPS) is 24.3. The molecule has 0 aliphatic heterocycles. The van der Waals surface area contributed by atoms with E-state index >= 15 is 0 Å². The summed E-state index contributed by atoms with van der Waals surface area (Å²) < 4.78 is 51.7. The van der Waals surface area contributed by atoms with Crippen molar-refractivity contribution in [2.75, 3.05) is 5.32 Å². The highest BCUT2D eigenvalue weighted by molar-refractivity contribution is 9.10. The van der Waals surface area contributed by atoms with E-state index in [-0.39, 0.29) is 18.9 Å². The van der Waals surface area contributed by atoms with Gasteiger partial charge in [0.1, 0.15) is 5.82 Å². The van der Waals surface area contributed by atoms with Crippen molar-refractivity contribution in [1.29, 1.82) is 0 Å². The van der Waals surface area contributed by atoms with Gasteiger partial charge >= 0.3 is 6.18 Å². The molecule has 106 valence electrons. The molecule has 1 fully saturated rings. The Morgan fingerprint density at radius 2 is 1.95 bits per heavy atom. The van der Waals surface area contributed by atoms with Crippen molar-refractivity contribution < 1.29 is 17.6 Å². The number of alkyl halides is 3. The number of hydrogen-bond acceptors (Lipinski definition) is 1. The van der Waals surface area contributed by atoms with Gasteiger partial charge in [0.25, 0.3) is 0 Å². The zero-order chi connectivity index (χ0) is 14.0. The minimum Gasteiger partial charge on any atom is -0.382 e. The molecular weight excluding hydrogens is 326 g/mol. The highest BCUT2D eigenvalue weighted by Crippen LogP contribution is 2.38. The molecule has 0 heterocycles. The van der Waals surface area contributed by atoms with Crippen LogP contribution in [0.1, 0.15) is 25.7 Å². The van der Waals surface area contributed by atoms with Crippen molar-refractivity contribution in [2.24, 2.45) is 5.92 Å². The molecular formula is C13H14BrF4N. The van der Waals surface area contributed by atoms with E-state index in [1.807, 2.05) is 0 Å². The van der Waals surface area contributed by atoms with Gasteiger partial charge in [0, 0.05) is 11.7 Å². The minimum atomic E-state index is -4.13. The molecule has 1 aromatic carbocycles. The van der Waals surface area contributed by atoms with Crippen molar-refractivity contribution in [2.45, 2.75) is 37.9 Å². The smallest absolute Gasteiger partial charge is 0.382 e. The van der Waals surface area contributed by atoms with E-state index in [4.69, 9.17) is 0 Å². The van der Waals surface area contributed by atoms with Crippen LogP contribution in [-0.4, -0.2) is 12.2 Å². The summed E-state index contributed by atoms with van der Waals surface area (Å²) in [7, 11) is 0. The zero-order valence-electron chi connectivity index (χ0n) is 10.1. The van der Waals surface area contributed by atoms with Crippen molar-refractivity contribution in [3.8, 4) is 0 Å². The minimum absolute atomic E-state index is 0.0567. The van der Waals surface area contributed by atoms with Crippen LogP contribution in [0.5, 0.6) is 0 Å². The number of anilines is 1. The van der Waals surface area contributed by atoms with Crippen LogP contribution in [0.15, 0.2) is 22.7 Å². The van der Waals surface area contributed by atoms with Crippen molar-refractivity contribution in [1.82, 2.24) is 0 Å². The Bertz CT molecular complexity index is 447. The molecule has 2 unspecified atom stereocenters. The van der Waals surface area contributed by atoms with Crippen LogP contribution < -0.4 is 5.32 Å². The number of nitrogens with one attached hydrogen (secondary N) is 1. The number of halogens is 5. The Balaban J connectivity index is 2.00. The van der Waals surface area contributed by atoms with Gasteiger partial charge in [0.05, 0.1) is 10.4 Å². The monoisotopic (exact) mass is 339 g/mol. The predicted octanol–water partition coefficient (Wildman–Crippen LogP) is 5.12. The second kappa shape index (κ2) is 5.69. The molecule has 1 aromatic rings. The fourth-order valence-corrected chi connectivity index (χ4v) is 2.69. The van der Waals surface area contributed by atoms with E-state index in [0.717, 1.165) is 0 Å². The Kier molecular flexibility index (Phi) is 4.38. The molecule has 19 heavy (non-hydrogen) atoms. The molecule has 2 rings (SSSR count). The summed E-state index contributed by atoms with van der Waals surface area (Å²) in [6.45, 7) is 0. The average Bonchev–Trinajstić information content (AvgIpc) is 2.33. The maximum atomic E-state index is 13.3. The largest absolute Gasteiger partial charge is 0.391 e. The van der Waals surface area contributed by atoms with Crippen LogP contribution in [-0.2, 0) is 0 Å². The maximum Gasteiger partial charge on any atom is 0.391 e. The summed E-state index contributed by atoms with van der Waals surface area (Å²) in [4.78, 5) is 0. The molecule has 2 atom stereocenters. The fourth-order valence-electron chi connectivity index (χ4n) is 2.44. The van der Waals surface area contributed by atoms with Gasteiger partial charge in [-0.05, 0) is 53.4 Å². The van der Waals surface area contributed by atoms with Crippen molar-refractivity contribution >= 4 is 21.6 Å². The highest BCUT2D eigenvalue weighted by Gasteiger charge is 2.42. The first-order valence-electron chi connectivity index (χ1n) is 6.14. The lowest BCUT2D eigenvalue weighted by molar-refractivity contribution is -0.182. The Labute approximate surface area is 117 Å². The predicted molar refractivity (Wildman–Crippen MR) is 69.5 cm³/mol. The second-order valence-electron chi connectivity index (χ2n) is 4.88. The molecule has 0 amide bonds. The van der Waals surface area contributed by atoms with E-state index in [1.165, 1.54) is 6.07 Å². The fraction of sp³-hybridized carbons (Fsp3) is 0.538. The zero-order valence-corrected chi connectivity index (χ0v) is 11.7. The molecule has 1 N–H and O–H groups in total. The summed E-state index contributed by atoms with van der Waals surface area (Å²) in [5.41, 5.74) is 0.522. The molecule has 1 aliphatic rings. The first kappa shape index (κ1) is 14.6. The van der Waals surface area contributed by atoms with Gasteiger partial charge in [0.2, 0.25) is 0 Å². The van der Waals surface area contributed by atoms with E-state index < -0.39 is 17.9 Å². The quantitative estimate of drug-likeness (QED) is 0.737. The molecule has 1 aliphatic carbocycles. The third-order valence-corrected chi connectivity index (χ3v) is 4.07. The Hall–Kier alpha value is -0.780. The summed E-state index contributed by atoms with van der Waals surface area (Å²) in [5, 5.41) is 2.99. The van der Waals surface area contributed by atoms with Gasteiger partial charge in [-0.3, -0.25) is 0 Å². The Morgan fingerprint density at radius 1 is 1.21 bits per heavy atom. The van der Waals surface area contributed by atoms with E-state index in [0.29, 0.717) is 23.0 Å². The van der Waals surface area contributed by atoms with E-state index in [2.05, 4.69) is 21.2 Å². The van der Waals surface area contributed by atoms with Crippen LogP contribution in [0.4, 0.5) is 23.2 Å². The average molecular weight is 340 g/mol. The van der Waals surface area contributed by atoms with E-state index in [9.17, 15) is 17.6 Å². The van der Waals surface area contributed by atoms with Gasteiger partial charge in [-0.25, -0.2) is 4.39 Å². The van der Waals surface area contributed by atoms with Crippen LogP contribution in [0, 0.1) is 11.7 Å². The van der Waals surface area contributed by atoms with Gasteiger partial charge in [0.15, 0.2) is 0 Å². The third kappa shape index (κ3) is 3.84. The molecule has 0 aromatic heterocycles. The number of rotatable bonds is 2. The van der Waals surface area contributed by atoms with Gasteiger partial charge in [-0.2, -0.15) is 13.2 Å². The standard InChI is InChI=1S/C13H14BrF4N/c14-11-5-4-10(7-12(11)15)19-9-3-1-2-8(6-9)13(16,17)18/h4-5,7-9,19H,1-3,6H2. The third-order valence-electron chi connectivity index (χ3n) is 3.43. The first-order chi connectivity index (χ1) is 8.86. The number of benzene rings is 1. The molecule has 1 nitrogen and oxygen atoms in total. The number of hydrogen-bond donors (Lipinski definition) is 1. The molecule has 0 radical (unpaired) electrons. The lowest BCUT2D eigenvalue weighted by Gasteiger charge is -2.31. The van der Waals surface area contributed by atoms with Crippen LogP contribution >= 0.6 is 15.9 Å². The van der Waals surface area contributed by atoms with Crippen molar-refractivity contribution in [3.05, 3.63) is 28.5 Å². The summed E-state index contributed by atoms with van der Waals surface area (Å²) in [6, 6.07) is 4.24. The topological polar surface area (TPSA) is 12.0 Å². The summed E-state index contributed by atoms with van der Waals surface area (Å²) >= 11 is 3.04. The first-order valence-corrected chi connectivity index (χ1v) is 6.94. The summed E-state index contributed by atoms with van der Waals surface area (Å²) in [6.07, 6.45) is -2.66. The van der Waals surface area contributed by atoms with Gasteiger partial charge < -0.3 is 5.32 Å². The van der Waals surface area contributed by atoms with Crippen LogP contribution in [0.3, 0.4) is 0 Å². The van der Waals surface area contributed by atoms with Crippen LogP contribution in [0.2, 0.25) is 0 Å². The molecule has 0 saturated heterocycles. The Morgan fingerprint density at radius 3 is 2.58 bits per heavy atom. The SMILES string of the molecule is Fc1cc(NC2CCCC(C(F)(F)F)C2)ccc1Br.